The zero-order valence-electron chi connectivity index (χ0n) is 8.83. The molecule has 0 radical (unpaired) electrons. The second kappa shape index (κ2) is 8.75. The molecular formula is C9H21AsO3S. The Bertz CT molecular complexity index is 214. The molecule has 1 N–H and O–H groups in total. The maximum absolute atomic E-state index is 10.4. The molecule has 0 aliphatic rings. The van der Waals surface area contributed by atoms with Crippen molar-refractivity contribution in [3.05, 3.63) is 0 Å². The van der Waals surface area contributed by atoms with Crippen LogP contribution in [0.1, 0.15) is 39.0 Å². The van der Waals surface area contributed by atoms with Crippen molar-refractivity contribution in [2.24, 2.45) is 0 Å². The van der Waals surface area contributed by atoms with Crippen LogP contribution in [0, 0.1) is 0 Å². The van der Waals surface area contributed by atoms with Gasteiger partial charge in [-0.3, -0.25) is 0 Å². The number of rotatable bonds is 9. The fourth-order valence-electron chi connectivity index (χ4n) is 1.18. The van der Waals surface area contributed by atoms with E-state index in [1.165, 1.54) is 30.9 Å². The molecule has 0 heterocycles. The van der Waals surface area contributed by atoms with E-state index < -0.39 is 10.1 Å². The van der Waals surface area contributed by atoms with Crippen LogP contribution in [0.15, 0.2) is 0 Å². The second-order valence-electron chi connectivity index (χ2n) is 3.45. The molecule has 0 aromatic heterocycles. The fraction of sp³-hybridized carbons (Fsp3) is 1.00. The molecule has 86 valence electrons. The van der Waals surface area contributed by atoms with Crippen molar-refractivity contribution in [1.29, 1.82) is 0 Å². The Hall–Kier alpha value is 0.468. The number of unbranched alkanes of at least 4 members (excludes halogenated alkanes) is 3. The zero-order valence-corrected chi connectivity index (χ0v) is 11.7. The van der Waals surface area contributed by atoms with Gasteiger partial charge in [0.25, 0.3) is 0 Å². The summed E-state index contributed by atoms with van der Waals surface area (Å²) in [5, 5.41) is 2.34. The summed E-state index contributed by atoms with van der Waals surface area (Å²) < 4.78 is 29.2. The first-order valence-corrected chi connectivity index (χ1v) is 9.80. The number of hydrogen-bond acceptors (Lipinski definition) is 2. The van der Waals surface area contributed by atoms with Gasteiger partial charge in [-0.15, -0.1) is 0 Å². The Balaban J connectivity index is 3.07. The van der Waals surface area contributed by atoms with Crippen molar-refractivity contribution in [2.45, 2.75) is 49.4 Å². The van der Waals surface area contributed by atoms with Crippen LogP contribution in [-0.2, 0) is 10.1 Å². The van der Waals surface area contributed by atoms with Crippen molar-refractivity contribution in [3.63, 3.8) is 0 Å². The predicted octanol–water partition coefficient (Wildman–Crippen LogP) is 2.12. The Morgan fingerprint density at radius 3 is 2.29 bits per heavy atom. The summed E-state index contributed by atoms with van der Waals surface area (Å²) in [5.74, 6) is -0.0501. The summed E-state index contributed by atoms with van der Waals surface area (Å²) in [6.45, 7) is 2.20. The molecule has 0 saturated heterocycles. The van der Waals surface area contributed by atoms with Crippen molar-refractivity contribution >= 4 is 25.9 Å². The molecule has 3 nitrogen and oxygen atoms in total. The molecule has 1 atom stereocenters. The van der Waals surface area contributed by atoms with Gasteiger partial charge in [-0.05, 0) is 0 Å². The summed E-state index contributed by atoms with van der Waals surface area (Å²) in [4.78, 5) is 0. The average molecular weight is 284 g/mol. The van der Waals surface area contributed by atoms with E-state index >= 15 is 0 Å². The van der Waals surface area contributed by atoms with Gasteiger partial charge in [-0.2, -0.15) is 0 Å². The molecule has 5 heteroatoms. The molecule has 0 aromatic carbocycles. The van der Waals surface area contributed by atoms with E-state index in [4.69, 9.17) is 4.55 Å². The zero-order chi connectivity index (χ0) is 10.9. The first-order valence-electron chi connectivity index (χ1n) is 5.22. The monoisotopic (exact) mass is 284 g/mol. The molecule has 14 heavy (non-hydrogen) atoms. The van der Waals surface area contributed by atoms with Crippen molar-refractivity contribution < 1.29 is 13.0 Å². The van der Waals surface area contributed by atoms with Crippen molar-refractivity contribution in [3.8, 4) is 0 Å². The normalized spacial score (nSPS) is 12.7. The van der Waals surface area contributed by atoms with E-state index in [1.807, 2.05) is 0 Å². The summed E-state index contributed by atoms with van der Waals surface area (Å²) in [6.07, 6.45) is 5.85. The van der Waals surface area contributed by atoms with E-state index in [1.54, 1.807) is 0 Å². The Kier molecular flexibility index (Phi) is 9.04. The molecule has 0 aliphatic heterocycles. The average Bonchev–Trinajstić information content (AvgIpc) is 2.08. The van der Waals surface area contributed by atoms with Crippen LogP contribution in [0.4, 0.5) is 0 Å². The molecule has 0 rings (SSSR count). The van der Waals surface area contributed by atoms with Gasteiger partial charge in [0.1, 0.15) is 0 Å². The van der Waals surface area contributed by atoms with Crippen LogP contribution in [-0.4, -0.2) is 34.5 Å². The third kappa shape index (κ3) is 12.5. The topological polar surface area (TPSA) is 54.4 Å². The summed E-state index contributed by atoms with van der Waals surface area (Å²) >= 11 is 0.0532. The summed E-state index contributed by atoms with van der Waals surface area (Å²) in [5.41, 5.74) is 0. The first-order chi connectivity index (χ1) is 6.56. The fourth-order valence-corrected chi connectivity index (χ4v) is 4.70. The molecule has 0 aromatic rings. The molecule has 0 fully saturated rings. The van der Waals surface area contributed by atoms with Gasteiger partial charge in [0, 0.05) is 0 Å². The molecule has 1 unspecified atom stereocenters. The minimum atomic E-state index is -3.71. The van der Waals surface area contributed by atoms with Gasteiger partial charge in [0.2, 0.25) is 0 Å². The molecule has 0 saturated carbocycles. The van der Waals surface area contributed by atoms with Crippen LogP contribution in [0.5, 0.6) is 0 Å². The standard InChI is InChI=1S/C9H21AsO3S/c1-2-3-4-5-7-10-8-6-9-14(11,12)13/h10H,2-9H2,1H3,(H,11,12,13). The summed E-state index contributed by atoms with van der Waals surface area (Å²) in [6, 6.07) is 0. The molecule has 0 amide bonds. The van der Waals surface area contributed by atoms with Gasteiger partial charge in [-0.1, -0.05) is 0 Å². The second-order valence-corrected chi connectivity index (χ2v) is 8.17. The predicted molar refractivity (Wildman–Crippen MR) is 61.9 cm³/mol. The van der Waals surface area contributed by atoms with Gasteiger partial charge >= 0.3 is 94.0 Å². The van der Waals surface area contributed by atoms with E-state index in [9.17, 15) is 8.42 Å². The Labute approximate surface area is 94.1 Å². The molecular weight excluding hydrogens is 263 g/mol. The van der Waals surface area contributed by atoms with E-state index in [-0.39, 0.29) is 21.5 Å². The van der Waals surface area contributed by atoms with Crippen molar-refractivity contribution in [2.75, 3.05) is 5.75 Å². The van der Waals surface area contributed by atoms with E-state index in [0.29, 0.717) is 6.42 Å². The van der Waals surface area contributed by atoms with E-state index in [0.717, 1.165) is 5.21 Å². The third-order valence-corrected chi connectivity index (χ3v) is 5.73. The van der Waals surface area contributed by atoms with Gasteiger partial charge in [0.15, 0.2) is 0 Å². The van der Waals surface area contributed by atoms with Crippen LogP contribution in [0.3, 0.4) is 0 Å². The quantitative estimate of drug-likeness (QED) is 0.401. The minimum absolute atomic E-state index is 0.0501. The van der Waals surface area contributed by atoms with Crippen molar-refractivity contribution in [1.82, 2.24) is 0 Å². The van der Waals surface area contributed by atoms with Crippen LogP contribution < -0.4 is 0 Å². The first kappa shape index (κ1) is 14.5. The molecule has 0 aliphatic carbocycles. The molecule has 0 bridgehead atoms. The van der Waals surface area contributed by atoms with Gasteiger partial charge in [-0.25, -0.2) is 0 Å². The summed E-state index contributed by atoms with van der Waals surface area (Å²) in [7, 11) is -3.71. The number of hydrogen-bond donors (Lipinski definition) is 1. The van der Waals surface area contributed by atoms with Gasteiger partial charge < -0.3 is 0 Å². The third-order valence-electron chi connectivity index (χ3n) is 1.96. The van der Waals surface area contributed by atoms with Crippen LogP contribution >= 0.6 is 0 Å². The maximum atomic E-state index is 10.4. The van der Waals surface area contributed by atoms with Crippen LogP contribution in [0.2, 0.25) is 10.4 Å². The SMILES string of the molecule is CCCCCC[AsH]CCCS(=O)(=O)O. The van der Waals surface area contributed by atoms with E-state index in [2.05, 4.69) is 6.92 Å². The van der Waals surface area contributed by atoms with Gasteiger partial charge in [0.05, 0.1) is 0 Å². The molecule has 0 spiro atoms. The van der Waals surface area contributed by atoms with Crippen LogP contribution in [0.25, 0.3) is 0 Å². The Morgan fingerprint density at radius 2 is 1.71 bits per heavy atom. The Morgan fingerprint density at radius 1 is 1.07 bits per heavy atom.